The van der Waals surface area contributed by atoms with Crippen LogP contribution in [-0.2, 0) is 0 Å². The maximum absolute atomic E-state index is 14.1. The molecule has 5 rings (SSSR count). The summed E-state index contributed by atoms with van der Waals surface area (Å²) in [6, 6.07) is 17.1. The molecule has 0 saturated heterocycles. The maximum Gasteiger partial charge on any atom is 0.246 e. The van der Waals surface area contributed by atoms with Gasteiger partial charge in [0.15, 0.2) is 5.82 Å². The molecule has 8 heteroatoms. The highest BCUT2D eigenvalue weighted by Gasteiger charge is 2.16. The maximum atomic E-state index is 14.1. The average molecular weight is 411 g/mol. The molecule has 1 N–H and O–H groups in total. The first-order valence-corrected chi connectivity index (χ1v) is 9.38. The van der Waals surface area contributed by atoms with E-state index in [4.69, 9.17) is 4.74 Å². The number of aromatic amines is 1. The van der Waals surface area contributed by atoms with Crippen molar-refractivity contribution in [1.82, 2.24) is 24.9 Å². The van der Waals surface area contributed by atoms with Crippen molar-refractivity contribution in [2.45, 2.75) is 0 Å². The van der Waals surface area contributed by atoms with Crippen LogP contribution in [0.2, 0.25) is 0 Å². The quantitative estimate of drug-likeness (QED) is 0.336. The lowest BCUT2D eigenvalue weighted by Crippen LogP contribution is -2.03. The third kappa shape index (κ3) is 3.62. The van der Waals surface area contributed by atoms with Crippen LogP contribution < -0.4 is 4.74 Å². The summed E-state index contributed by atoms with van der Waals surface area (Å²) in [5, 5.41) is 0. The highest BCUT2D eigenvalue weighted by molar-refractivity contribution is 6.08. The topological polar surface area (TPSA) is 93.7 Å². The number of halogens is 1. The minimum absolute atomic E-state index is 0.130. The van der Waals surface area contributed by atoms with E-state index in [2.05, 4.69) is 24.9 Å². The van der Waals surface area contributed by atoms with Gasteiger partial charge in [0.1, 0.15) is 11.4 Å². The van der Waals surface area contributed by atoms with Crippen molar-refractivity contribution < 1.29 is 13.9 Å². The number of para-hydroxylation sites is 2. The van der Waals surface area contributed by atoms with E-state index >= 15 is 0 Å². The van der Waals surface area contributed by atoms with E-state index in [1.165, 1.54) is 18.6 Å². The zero-order valence-electron chi connectivity index (χ0n) is 16.0. The number of nitrogens with zero attached hydrogens (tertiary/aromatic N) is 4. The Hall–Kier alpha value is -4.46. The van der Waals surface area contributed by atoms with E-state index in [1.807, 2.05) is 24.3 Å². The zero-order chi connectivity index (χ0) is 21.2. The molecule has 0 aliphatic rings. The predicted molar refractivity (Wildman–Crippen MR) is 111 cm³/mol. The van der Waals surface area contributed by atoms with Crippen LogP contribution in [0.1, 0.15) is 16.2 Å². The first-order valence-electron chi connectivity index (χ1n) is 9.38. The zero-order valence-corrected chi connectivity index (χ0v) is 16.0. The summed E-state index contributed by atoms with van der Waals surface area (Å²) in [6.45, 7) is 0. The number of aromatic nitrogens is 5. The Bertz CT molecular complexity index is 1370. The number of hydrogen-bond donors (Lipinski definition) is 1. The summed E-state index contributed by atoms with van der Waals surface area (Å²) < 4.78 is 19.9. The summed E-state index contributed by atoms with van der Waals surface area (Å²) in [5.74, 6) is -0.0869. The van der Waals surface area contributed by atoms with Crippen molar-refractivity contribution >= 4 is 16.8 Å². The molecule has 2 aromatic carbocycles. The first kappa shape index (κ1) is 18.6. The van der Waals surface area contributed by atoms with Crippen LogP contribution in [-0.4, -0.2) is 30.7 Å². The fourth-order valence-electron chi connectivity index (χ4n) is 3.13. The van der Waals surface area contributed by atoms with Crippen molar-refractivity contribution in [2.24, 2.45) is 0 Å². The Kier molecular flexibility index (Phi) is 4.64. The van der Waals surface area contributed by atoms with Gasteiger partial charge in [0, 0.05) is 24.2 Å². The van der Waals surface area contributed by atoms with Gasteiger partial charge in [0.05, 0.1) is 16.6 Å². The summed E-state index contributed by atoms with van der Waals surface area (Å²) >= 11 is 0. The lowest BCUT2D eigenvalue weighted by Gasteiger charge is -2.09. The molecule has 3 heterocycles. The van der Waals surface area contributed by atoms with Crippen LogP contribution in [0.5, 0.6) is 11.6 Å². The highest BCUT2D eigenvalue weighted by atomic mass is 19.1. The smallest absolute Gasteiger partial charge is 0.246 e. The molecule has 5 aromatic rings. The Labute approximate surface area is 175 Å². The van der Waals surface area contributed by atoms with Crippen LogP contribution in [0.15, 0.2) is 79.3 Å². The number of fused-ring (bicyclic) bond motifs is 1. The normalized spacial score (nSPS) is 10.9. The molecule has 0 amide bonds. The molecular weight excluding hydrogens is 397 g/mol. The van der Waals surface area contributed by atoms with E-state index in [-0.39, 0.29) is 28.7 Å². The number of ether oxygens (including phenoxy) is 1. The molecule has 0 fully saturated rings. The van der Waals surface area contributed by atoms with Gasteiger partial charge in [0.25, 0.3) is 0 Å². The van der Waals surface area contributed by atoms with Crippen LogP contribution in [0.4, 0.5) is 4.39 Å². The number of carbonyl (C=O) groups excluding carboxylic acids is 1. The molecule has 0 aliphatic carbocycles. The third-order valence-electron chi connectivity index (χ3n) is 4.61. The predicted octanol–water partition coefficient (Wildman–Crippen LogP) is 4.58. The van der Waals surface area contributed by atoms with Crippen LogP contribution in [0.3, 0.4) is 0 Å². The molecule has 3 aromatic heterocycles. The minimum Gasteiger partial charge on any atom is -0.437 e. The van der Waals surface area contributed by atoms with Gasteiger partial charge >= 0.3 is 0 Å². The van der Waals surface area contributed by atoms with Gasteiger partial charge in [-0.2, -0.15) is 4.39 Å². The molecule has 0 spiro atoms. The average Bonchev–Trinajstić information content (AvgIpc) is 3.24. The molecule has 0 bridgehead atoms. The minimum atomic E-state index is -0.667. The van der Waals surface area contributed by atoms with Crippen LogP contribution in [0.25, 0.3) is 22.3 Å². The molecule has 0 atom stereocenters. The van der Waals surface area contributed by atoms with Crippen molar-refractivity contribution in [2.75, 3.05) is 0 Å². The largest absolute Gasteiger partial charge is 0.437 e. The van der Waals surface area contributed by atoms with Gasteiger partial charge in [-0.15, -0.1) is 0 Å². The number of nitrogens with one attached hydrogen (secondary N) is 1. The lowest BCUT2D eigenvalue weighted by molar-refractivity contribution is 0.103. The molecule has 0 saturated carbocycles. The number of ketones is 1. The number of H-pyrrole nitrogens is 1. The van der Waals surface area contributed by atoms with Gasteiger partial charge in [0.2, 0.25) is 17.6 Å². The second kappa shape index (κ2) is 7.75. The summed E-state index contributed by atoms with van der Waals surface area (Å²) in [6.07, 6.45) is 4.25. The second-order valence-corrected chi connectivity index (χ2v) is 6.61. The van der Waals surface area contributed by atoms with Crippen molar-refractivity contribution in [1.29, 1.82) is 0 Å². The van der Waals surface area contributed by atoms with E-state index in [9.17, 15) is 9.18 Å². The molecule has 31 heavy (non-hydrogen) atoms. The SMILES string of the molecule is O=C(c1ccc(Oc2nccnc2-c2cccnc2F)cc1)c1nc2ccccc2[nH]1. The standard InChI is InChI=1S/C23H14FN5O2/c24-21-16(4-3-11-26-21)19-23(27-13-12-25-19)31-15-9-7-14(8-10-15)20(30)22-28-17-5-1-2-6-18(17)29-22/h1-13H,(H,28,29). The van der Waals surface area contributed by atoms with Gasteiger partial charge in [-0.3, -0.25) is 4.79 Å². The first-order chi connectivity index (χ1) is 15.2. The Morgan fingerprint density at radius 2 is 1.68 bits per heavy atom. The Balaban J connectivity index is 1.40. The van der Waals surface area contributed by atoms with Crippen molar-refractivity contribution in [3.8, 4) is 22.9 Å². The van der Waals surface area contributed by atoms with Gasteiger partial charge < -0.3 is 9.72 Å². The summed E-state index contributed by atoms with van der Waals surface area (Å²) in [5.41, 5.74) is 2.38. The monoisotopic (exact) mass is 411 g/mol. The van der Waals surface area contributed by atoms with Gasteiger partial charge in [-0.25, -0.2) is 19.9 Å². The number of pyridine rings is 1. The molecule has 150 valence electrons. The molecule has 7 nitrogen and oxygen atoms in total. The highest BCUT2D eigenvalue weighted by Crippen LogP contribution is 2.30. The third-order valence-corrected chi connectivity index (χ3v) is 4.61. The second-order valence-electron chi connectivity index (χ2n) is 6.61. The van der Waals surface area contributed by atoms with E-state index in [0.29, 0.717) is 11.3 Å². The van der Waals surface area contributed by atoms with Crippen LogP contribution in [0, 0.1) is 5.95 Å². The van der Waals surface area contributed by atoms with Crippen LogP contribution >= 0.6 is 0 Å². The van der Waals surface area contributed by atoms with Gasteiger partial charge in [-0.05, 0) is 48.5 Å². The Morgan fingerprint density at radius 3 is 2.48 bits per heavy atom. The lowest BCUT2D eigenvalue weighted by atomic mass is 10.1. The fraction of sp³-hybridized carbons (Fsp3) is 0. The summed E-state index contributed by atoms with van der Waals surface area (Å²) in [7, 11) is 0. The number of imidazole rings is 1. The summed E-state index contributed by atoms with van der Waals surface area (Å²) in [4.78, 5) is 32.1. The fourth-order valence-corrected chi connectivity index (χ4v) is 3.13. The molecule has 0 unspecified atom stereocenters. The number of carbonyl (C=O) groups is 1. The molecule has 0 aliphatic heterocycles. The number of rotatable bonds is 5. The van der Waals surface area contributed by atoms with Crippen molar-refractivity contribution in [3.63, 3.8) is 0 Å². The van der Waals surface area contributed by atoms with Gasteiger partial charge in [-0.1, -0.05) is 12.1 Å². The number of hydrogen-bond acceptors (Lipinski definition) is 6. The van der Waals surface area contributed by atoms with Crippen molar-refractivity contribution in [3.05, 3.63) is 96.6 Å². The molecule has 0 radical (unpaired) electrons. The Morgan fingerprint density at radius 1 is 0.871 bits per heavy atom. The van der Waals surface area contributed by atoms with E-state index < -0.39 is 5.95 Å². The molecular formula is C23H14FN5O2. The number of benzene rings is 2. The van der Waals surface area contributed by atoms with E-state index in [1.54, 1.807) is 36.4 Å². The van der Waals surface area contributed by atoms with E-state index in [0.717, 1.165) is 11.0 Å².